The quantitative estimate of drug-likeness (QED) is 0.267. The molecule has 2 aromatic heterocycles. The van der Waals surface area contributed by atoms with E-state index in [2.05, 4.69) is 15.6 Å². The van der Waals surface area contributed by atoms with E-state index in [0.29, 0.717) is 53.5 Å². The number of aryl methyl sites for hydroxylation is 1. The summed E-state index contributed by atoms with van der Waals surface area (Å²) >= 11 is 0. The molecule has 0 aliphatic heterocycles. The molecule has 0 radical (unpaired) electrons. The number of carboxylic acids is 1. The van der Waals surface area contributed by atoms with Crippen LogP contribution in [0.4, 0.5) is 17.4 Å². The van der Waals surface area contributed by atoms with Crippen LogP contribution in [0, 0.1) is 0 Å². The van der Waals surface area contributed by atoms with Gasteiger partial charge in [-0.2, -0.15) is 4.98 Å². The van der Waals surface area contributed by atoms with Crippen molar-refractivity contribution in [2.24, 2.45) is 0 Å². The Hall–Kier alpha value is -4.60. The monoisotopic (exact) mass is 490 g/mol. The number of rotatable bonds is 11. The van der Waals surface area contributed by atoms with Crippen molar-refractivity contribution in [3.05, 3.63) is 76.7 Å². The molecule has 0 saturated carbocycles. The lowest BCUT2D eigenvalue weighted by Crippen LogP contribution is -2.21. The van der Waals surface area contributed by atoms with E-state index < -0.39 is 5.97 Å². The van der Waals surface area contributed by atoms with Gasteiger partial charge in [0.1, 0.15) is 5.75 Å². The highest BCUT2D eigenvalue weighted by atomic mass is 16.5. The zero-order chi connectivity index (χ0) is 25.5. The molecule has 10 nitrogen and oxygen atoms in total. The molecule has 10 heteroatoms. The number of oxazole rings is 1. The fraction of sp³-hybridized carbons (Fsp3) is 0.231. The van der Waals surface area contributed by atoms with Crippen LogP contribution in [0.15, 0.2) is 70.0 Å². The third kappa shape index (κ3) is 6.29. The Kier molecular flexibility index (Phi) is 7.64. The number of hydrogen-bond donors (Lipinski definition) is 3. The third-order valence-electron chi connectivity index (χ3n) is 5.44. The second kappa shape index (κ2) is 11.2. The largest absolute Gasteiger partial charge is 0.494 e. The van der Waals surface area contributed by atoms with Crippen LogP contribution in [0.25, 0.3) is 11.1 Å². The summed E-state index contributed by atoms with van der Waals surface area (Å²) in [7, 11) is 1.53. The van der Waals surface area contributed by atoms with E-state index in [1.54, 1.807) is 18.3 Å². The van der Waals surface area contributed by atoms with Gasteiger partial charge in [0.2, 0.25) is 5.91 Å². The van der Waals surface area contributed by atoms with Crippen LogP contribution in [0.5, 0.6) is 5.75 Å². The van der Waals surface area contributed by atoms with Gasteiger partial charge in [-0.05, 0) is 48.7 Å². The van der Waals surface area contributed by atoms with Gasteiger partial charge in [-0.1, -0.05) is 18.2 Å². The molecule has 4 aromatic rings. The second-order valence-corrected chi connectivity index (χ2v) is 8.18. The molecule has 0 fully saturated rings. The molecule has 4 rings (SSSR count). The lowest BCUT2D eigenvalue weighted by Gasteiger charge is -2.10. The SMILES string of the molecule is COc1cc(CC(=O)Nc2ccc(=O)n(CCCCC(=O)O)c2)cc2oc(Nc3ccccc3)nc12. The van der Waals surface area contributed by atoms with E-state index in [4.69, 9.17) is 14.3 Å². The average Bonchev–Trinajstić information content (AvgIpc) is 3.25. The standard InChI is InChI=1S/C26H26N4O6/c1-35-20-13-17(14-21-25(20)29-26(36-21)28-18-7-3-2-4-8-18)15-22(31)27-19-10-11-23(32)30(16-19)12-6-5-9-24(33)34/h2-4,7-8,10-11,13-14,16H,5-6,9,12,15H2,1H3,(H,27,31)(H,28,29)(H,33,34). The van der Waals surface area contributed by atoms with E-state index in [1.807, 2.05) is 30.3 Å². The molecule has 0 saturated heterocycles. The molecule has 2 heterocycles. The topological polar surface area (TPSA) is 136 Å². The Balaban J connectivity index is 1.44. The van der Waals surface area contributed by atoms with Gasteiger partial charge in [-0.25, -0.2) is 0 Å². The Morgan fingerprint density at radius 3 is 2.64 bits per heavy atom. The van der Waals surface area contributed by atoms with Crippen molar-refractivity contribution in [2.45, 2.75) is 32.2 Å². The summed E-state index contributed by atoms with van der Waals surface area (Å²) in [5.74, 6) is -0.670. The number of pyridine rings is 1. The first-order chi connectivity index (χ1) is 17.4. The van der Waals surface area contributed by atoms with Gasteiger partial charge >= 0.3 is 5.97 Å². The number of para-hydroxylation sites is 1. The van der Waals surface area contributed by atoms with Gasteiger partial charge in [0.05, 0.1) is 19.2 Å². The first kappa shape index (κ1) is 24.5. The molecule has 0 unspecified atom stereocenters. The van der Waals surface area contributed by atoms with Crippen LogP contribution in [-0.2, 0) is 22.6 Å². The molecule has 36 heavy (non-hydrogen) atoms. The molecule has 186 valence electrons. The van der Waals surface area contributed by atoms with Crippen LogP contribution in [0.1, 0.15) is 24.8 Å². The molecule has 0 aliphatic rings. The highest BCUT2D eigenvalue weighted by Crippen LogP contribution is 2.31. The predicted octanol–water partition coefficient (Wildman–Crippen LogP) is 4.18. The molecule has 0 aliphatic carbocycles. The maximum Gasteiger partial charge on any atom is 0.303 e. The number of carboxylic acid groups (broad SMARTS) is 1. The third-order valence-corrected chi connectivity index (χ3v) is 5.44. The van der Waals surface area contributed by atoms with Crippen LogP contribution >= 0.6 is 0 Å². The van der Waals surface area contributed by atoms with Crippen molar-refractivity contribution in [1.29, 1.82) is 0 Å². The first-order valence-corrected chi connectivity index (χ1v) is 11.4. The maximum absolute atomic E-state index is 12.7. The van der Waals surface area contributed by atoms with Gasteiger partial charge in [0.25, 0.3) is 11.6 Å². The maximum atomic E-state index is 12.7. The summed E-state index contributed by atoms with van der Waals surface area (Å²) in [5, 5.41) is 14.6. The number of carbonyl (C=O) groups is 2. The van der Waals surface area contributed by atoms with Crippen molar-refractivity contribution in [3.63, 3.8) is 0 Å². The molecular weight excluding hydrogens is 464 g/mol. The van der Waals surface area contributed by atoms with Crippen LogP contribution in [0.2, 0.25) is 0 Å². The summed E-state index contributed by atoms with van der Waals surface area (Å²) in [6.45, 7) is 0.370. The normalized spacial score (nSPS) is 10.8. The molecule has 0 atom stereocenters. The van der Waals surface area contributed by atoms with Crippen molar-refractivity contribution in [2.75, 3.05) is 17.7 Å². The number of unbranched alkanes of at least 4 members (excludes halogenated alkanes) is 1. The Labute approximate surface area is 206 Å². The number of nitrogens with one attached hydrogen (secondary N) is 2. The van der Waals surface area contributed by atoms with E-state index in [9.17, 15) is 14.4 Å². The summed E-state index contributed by atoms with van der Waals surface area (Å²) in [6.07, 6.45) is 2.66. The molecule has 0 bridgehead atoms. The smallest absolute Gasteiger partial charge is 0.303 e. The Bertz CT molecular complexity index is 1430. The highest BCUT2D eigenvalue weighted by Gasteiger charge is 2.15. The summed E-state index contributed by atoms with van der Waals surface area (Å²) in [6, 6.07) is 16.2. The number of amides is 1. The highest BCUT2D eigenvalue weighted by molar-refractivity contribution is 5.93. The fourth-order valence-corrected chi connectivity index (χ4v) is 3.74. The summed E-state index contributed by atoms with van der Waals surface area (Å²) in [5.41, 5.74) is 2.76. The number of ether oxygens (including phenoxy) is 1. The predicted molar refractivity (Wildman–Crippen MR) is 135 cm³/mol. The Morgan fingerprint density at radius 2 is 1.89 bits per heavy atom. The van der Waals surface area contributed by atoms with Gasteiger partial charge in [0.15, 0.2) is 11.1 Å². The fourth-order valence-electron chi connectivity index (χ4n) is 3.74. The van der Waals surface area contributed by atoms with E-state index in [0.717, 1.165) is 5.69 Å². The minimum absolute atomic E-state index is 0.0478. The van der Waals surface area contributed by atoms with E-state index in [-0.39, 0.29) is 24.3 Å². The number of aromatic nitrogens is 2. The number of fused-ring (bicyclic) bond motifs is 1. The zero-order valence-corrected chi connectivity index (χ0v) is 19.7. The average molecular weight is 491 g/mol. The summed E-state index contributed by atoms with van der Waals surface area (Å²) < 4.78 is 12.8. The van der Waals surface area contributed by atoms with Crippen LogP contribution in [0.3, 0.4) is 0 Å². The van der Waals surface area contributed by atoms with Crippen LogP contribution in [-0.4, -0.2) is 33.6 Å². The van der Waals surface area contributed by atoms with Gasteiger partial charge in [0, 0.05) is 30.9 Å². The minimum Gasteiger partial charge on any atom is -0.494 e. The number of aliphatic carboxylic acids is 1. The minimum atomic E-state index is -0.868. The number of hydrogen-bond acceptors (Lipinski definition) is 7. The lowest BCUT2D eigenvalue weighted by molar-refractivity contribution is -0.137. The van der Waals surface area contributed by atoms with Gasteiger partial charge in [-0.3, -0.25) is 14.4 Å². The molecule has 1 amide bonds. The van der Waals surface area contributed by atoms with E-state index in [1.165, 1.54) is 23.8 Å². The summed E-state index contributed by atoms with van der Waals surface area (Å²) in [4.78, 5) is 39.9. The van der Waals surface area contributed by atoms with Crippen molar-refractivity contribution < 1.29 is 23.8 Å². The van der Waals surface area contributed by atoms with Gasteiger partial charge in [-0.15, -0.1) is 0 Å². The molecule has 2 aromatic carbocycles. The number of anilines is 3. The zero-order valence-electron chi connectivity index (χ0n) is 19.7. The van der Waals surface area contributed by atoms with E-state index >= 15 is 0 Å². The number of nitrogens with zero attached hydrogens (tertiary/aromatic N) is 2. The van der Waals surface area contributed by atoms with Crippen molar-refractivity contribution in [3.8, 4) is 5.75 Å². The van der Waals surface area contributed by atoms with Gasteiger partial charge < -0.3 is 29.5 Å². The van der Waals surface area contributed by atoms with Crippen molar-refractivity contribution >= 4 is 40.4 Å². The van der Waals surface area contributed by atoms with Crippen LogP contribution < -0.4 is 20.9 Å². The van der Waals surface area contributed by atoms with Crippen molar-refractivity contribution in [1.82, 2.24) is 9.55 Å². The Morgan fingerprint density at radius 1 is 1.08 bits per heavy atom. The second-order valence-electron chi connectivity index (χ2n) is 8.18. The number of methoxy groups -OCH3 is 1. The lowest BCUT2D eigenvalue weighted by atomic mass is 10.1. The first-order valence-electron chi connectivity index (χ1n) is 11.4. The molecule has 3 N–H and O–H groups in total. The molecule has 0 spiro atoms. The molecular formula is C26H26N4O6. The number of benzene rings is 2. The number of carbonyl (C=O) groups excluding carboxylic acids is 1.